The summed E-state index contributed by atoms with van der Waals surface area (Å²) < 4.78 is 7.48. The number of aryl methyl sites for hydroxylation is 2. The van der Waals surface area contributed by atoms with Crippen LogP contribution in [0.4, 0.5) is 0 Å². The van der Waals surface area contributed by atoms with Gasteiger partial charge in [-0.25, -0.2) is 0 Å². The average Bonchev–Trinajstić information content (AvgIpc) is 2.83. The lowest BCUT2D eigenvalue weighted by Crippen LogP contribution is -2.51. The van der Waals surface area contributed by atoms with E-state index >= 15 is 0 Å². The first-order valence-electron chi connectivity index (χ1n) is 8.58. The lowest BCUT2D eigenvalue weighted by atomic mass is 9.87. The van der Waals surface area contributed by atoms with Crippen LogP contribution in [0.5, 0.6) is 0 Å². The molecule has 0 radical (unpaired) electrons. The number of carbonyl (C=O) groups excluding carboxylic acids is 2. The van der Waals surface area contributed by atoms with E-state index in [1.807, 2.05) is 27.0 Å². The van der Waals surface area contributed by atoms with Crippen molar-refractivity contribution in [3.05, 3.63) is 23.0 Å². The molecule has 2 amide bonds. The zero-order chi connectivity index (χ0) is 18.6. The first-order chi connectivity index (χ1) is 11.8. The number of hydrogen-bond acceptors (Lipinski definition) is 4. The van der Waals surface area contributed by atoms with Gasteiger partial charge in [0.1, 0.15) is 0 Å². The molecule has 0 bridgehead atoms. The van der Waals surface area contributed by atoms with E-state index in [9.17, 15) is 9.59 Å². The number of carbonyl (C=O) groups is 2. The maximum Gasteiger partial charge on any atom is 0.246 e. The van der Waals surface area contributed by atoms with Crippen molar-refractivity contribution >= 4 is 17.9 Å². The van der Waals surface area contributed by atoms with Crippen molar-refractivity contribution in [2.45, 2.75) is 45.1 Å². The topological polar surface area (TPSA) is 90.4 Å². The number of nitrogens with two attached hydrogens (primary N) is 1. The number of amides is 2. The van der Waals surface area contributed by atoms with Crippen LogP contribution in [-0.4, -0.2) is 52.3 Å². The van der Waals surface area contributed by atoms with E-state index in [-0.39, 0.29) is 18.2 Å². The van der Waals surface area contributed by atoms with Gasteiger partial charge >= 0.3 is 0 Å². The molecule has 1 aliphatic rings. The van der Waals surface area contributed by atoms with Crippen LogP contribution in [0.1, 0.15) is 42.6 Å². The molecule has 25 heavy (non-hydrogen) atoms. The monoisotopic (exact) mass is 348 g/mol. The Morgan fingerprint density at radius 2 is 2.12 bits per heavy atom. The lowest BCUT2D eigenvalue weighted by molar-refractivity contribution is -0.136. The van der Waals surface area contributed by atoms with E-state index in [0.717, 1.165) is 29.8 Å². The summed E-state index contributed by atoms with van der Waals surface area (Å²) >= 11 is 0. The summed E-state index contributed by atoms with van der Waals surface area (Å²) in [5.74, 6) is -0.398. The van der Waals surface area contributed by atoms with Gasteiger partial charge in [-0.1, -0.05) is 0 Å². The number of rotatable bonds is 6. The Kier molecular flexibility index (Phi) is 6.00. The van der Waals surface area contributed by atoms with Crippen LogP contribution < -0.4 is 5.73 Å². The second-order valence-electron chi connectivity index (χ2n) is 6.76. The highest BCUT2D eigenvalue weighted by Gasteiger charge is 2.36. The Hall–Kier alpha value is -2.15. The Morgan fingerprint density at radius 1 is 1.40 bits per heavy atom. The number of piperidine rings is 1. The predicted octanol–water partition coefficient (Wildman–Crippen LogP) is 1.32. The number of ether oxygens (including phenoxy) is 1. The van der Waals surface area contributed by atoms with Crippen molar-refractivity contribution in [3.63, 3.8) is 0 Å². The van der Waals surface area contributed by atoms with Crippen molar-refractivity contribution < 1.29 is 14.3 Å². The van der Waals surface area contributed by atoms with Crippen molar-refractivity contribution in [1.82, 2.24) is 14.7 Å². The van der Waals surface area contributed by atoms with Gasteiger partial charge in [-0.2, -0.15) is 5.10 Å². The molecular weight excluding hydrogens is 320 g/mol. The highest BCUT2D eigenvalue weighted by Crippen LogP contribution is 2.29. The maximum absolute atomic E-state index is 12.6. The van der Waals surface area contributed by atoms with E-state index in [0.29, 0.717) is 19.5 Å². The standard InChI is InChI=1S/C18H28N4O3/c1-13-15(14(2)21(3)20-13)6-7-17(24)22-11-5-9-18(12-22,25-4)10-8-16(19)23/h6-7H,5,8-12H2,1-4H3,(H2,19,23)/b7-6+/t18-/m1/s1. The SMILES string of the molecule is CO[C@@]1(CCC(N)=O)CCCN(C(=O)/C=C/c2c(C)nn(C)c2C)C1. The molecule has 1 saturated heterocycles. The van der Waals surface area contributed by atoms with E-state index < -0.39 is 5.60 Å². The summed E-state index contributed by atoms with van der Waals surface area (Å²) in [5.41, 5.74) is 7.67. The van der Waals surface area contributed by atoms with Crippen LogP contribution in [0.2, 0.25) is 0 Å². The molecule has 2 N–H and O–H groups in total. The fourth-order valence-corrected chi connectivity index (χ4v) is 3.40. The molecule has 0 aliphatic carbocycles. The van der Waals surface area contributed by atoms with Gasteiger partial charge in [0.05, 0.1) is 11.3 Å². The number of aromatic nitrogens is 2. The van der Waals surface area contributed by atoms with E-state index in [1.165, 1.54) is 0 Å². The Bertz CT molecular complexity index is 680. The van der Waals surface area contributed by atoms with Crippen molar-refractivity contribution in [2.24, 2.45) is 12.8 Å². The first kappa shape index (κ1) is 19.2. The van der Waals surface area contributed by atoms with Gasteiger partial charge in [0.15, 0.2) is 0 Å². The molecule has 2 heterocycles. The van der Waals surface area contributed by atoms with Crippen LogP contribution in [0, 0.1) is 13.8 Å². The number of hydrogen-bond donors (Lipinski definition) is 1. The van der Waals surface area contributed by atoms with Crippen molar-refractivity contribution in [1.29, 1.82) is 0 Å². The third-order valence-electron chi connectivity index (χ3n) is 5.07. The summed E-state index contributed by atoms with van der Waals surface area (Å²) in [6.07, 6.45) is 5.89. The fourth-order valence-electron chi connectivity index (χ4n) is 3.40. The number of primary amides is 1. The van der Waals surface area contributed by atoms with Gasteiger partial charge in [0, 0.05) is 51.0 Å². The zero-order valence-corrected chi connectivity index (χ0v) is 15.5. The molecule has 1 aromatic rings. The van der Waals surface area contributed by atoms with Crippen molar-refractivity contribution in [2.75, 3.05) is 20.2 Å². The van der Waals surface area contributed by atoms with Gasteiger partial charge < -0.3 is 15.4 Å². The molecule has 0 unspecified atom stereocenters. The minimum atomic E-state index is -0.489. The Balaban J connectivity index is 2.08. The van der Waals surface area contributed by atoms with Crippen LogP contribution in [0.25, 0.3) is 6.08 Å². The summed E-state index contributed by atoms with van der Waals surface area (Å²) in [4.78, 5) is 25.5. The summed E-state index contributed by atoms with van der Waals surface area (Å²) in [6.45, 7) is 5.07. The summed E-state index contributed by atoms with van der Waals surface area (Å²) in [6, 6.07) is 0. The highest BCUT2D eigenvalue weighted by molar-refractivity contribution is 5.92. The lowest BCUT2D eigenvalue weighted by Gasteiger charge is -2.41. The first-order valence-corrected chi connectivity index (χ1v) is 8.58. The molecule has 1 aromatic heterocycles. The van der Waals surface area contributed by atoms with E-state index in [1.54, 1.807) is 22.8 Å². The average molecular weight is 348 g/mol. The zero-order valence-electron chi connectivity index (χ0n) is 15.5. The summed E-state index contributed by atoms with van der Waals surface area (Å²) in [5, 5.41) is 4.35. The molecule has 1 atom stereocenters. The third kappa shape index (κ3) is 4.48. The molecule has 138 valence electrons. The third-order valence-corrected chi connectivity index (χ3v) is 5.07. The van der Waals surface area contributed by atoms with Crippen molar-refractivity contribution in [3.8, 4) is 0 Å². The largest absolute Gasteiger partial charge is 0.376 e. The van der Waals surface area contributed by atoms with Gasteiger partial charge in [-0.15, -0.1) is 0 Å². The normalized spacial score (nSPS) is 21.0. The second-order valence-corrected chi connectivity index (χ2v) is 6.76. The molecule has 0 aromatic carbocycles. The van der Waals surface area contributed by atoms with Gasteiger partial charge in [-0.05, 0) is 39.2 Å². The van der Waals surface area contributed by atoms with Gasteiger partial charge in [-0.3, -0.25) is 14.3 Å². The van der Waals surface area contributed by atoms with E-state index in [2.05, 4.69) is 5.10 Å². The van der Waals surface area contributed by atoms with E-state index in [4.69, 9.17) is 10.5 Å². The predicted molar refractivity (Wildman–Crippen MR) is 95.7 cm³/mol. The van der Waals surface area contributed by atoms with Crippen LogP contribution in [0.3, 0.4) is 0 Å². The smallest absolute Gasteiger partial charge is 0.246 e. The molecule has 1 fully saturated rings. The molecule has 2 rings (SSSR count). The minimum Gasteiger partial charge on any atom is -0.376 e. The highest BCUT2D eigenvalue weighted by atomic mass is 16.5. The minimum absolute atomic E-state index is 0.0529. The Morgan fingerprint density at radius 3 is 2.68 bits per heavy atom. The van der Waals surface area contributed by atoms with Gasteiger partial charge in [0.25, 0.3) is 0 Å². The van der Waals surface area contributed by atoms with Gasteiger partial charge in [0.2, 0.25) is 11.8 Å². The quantitative estimate of drug-likeness (QED) is 0.785. The molecule has 7 heteroatoms. The molecule has 0 spiro atoms. The second kappa shape index (κ2) is 7.82. The Labute approximate surface area is 148 Å². The number of likely N-dealkylation sites (tertiary alicyclic amines) is 1. The molecule has 7 nitrogen and oxygen atoms in total. The maximum atomic E-state index is 12.6. The number of nitrogens with zero attached hydrogens (tertiary/aromatic N) is 3. The fraction of sp³-hybridized carbons (Fsp3) is 0.611. The van der Waals surface area contributed by atoms with Crippen LogP contribution >= 0.6 is 0 Å². The number of methoxy groups -OCH3 is 1. The molecule has 0 saturated carbocycles. The van der Waals surface area contributed by atoms with Crippen LogP contribution in [0.15, 0.2) is 6.08 Å². The molecule has 1 aliphatic heterocycles. The summed E-state index contributed by atoms with van der Waals surface area (Å²) in [7, 11) is 3.52. The van der Waals surface area contributed by atoms with Crippen LogP contribution in [-0.2, 0) is 21.4 Å². The molecular formula is C18H28N4O3.